The summed E-state index contributed by atoms with van der Waals surface area (Å²) >= 11 is 0. The summed E-state index contributed by atoms with van der Waals surface area (Å²) in [7, 11) is 0. The average Bonchev–Trinajstić information content (AvgIpc) is 2.34. The first kappa shape index (κ1) is 26.3. The van der Waals surface area contributed by atoms with Crippen molar-refractivity contribution in [2.24, 2.45) is 11.8 Å². The van der Waals surface area contributed by atoms with Crippen LogP contribution in [-0.2, 0) is 9.53 Å². The van der Waals surface area contributed by atoms with E-state index in [1.165, 1.54) is 25.3 Å². The van der Waals surface area contributed by atoms with E-state index in [0.717, 1.165) is 5.92 Å². The van der Waals surface area contributed by atoms with E-state index in [1.807, 2.05) is 0 Å². The molecule has 0 aliphatic carbocycles. The predicted molar refractivity (Wildman–Crippen MR) is 99.7 cm³/mol. The van der Waals surface area contributed by atoms with Crippen molar-refractivity contribution in [3.63, 3.8) is 0 Å². The first-order valence-corrected chi connectivity index (χ1v) is 7.80. The van der Waals surface area contributed by atoms with Gasteiger partial charge in [-0.1, -0.05) is 59.1 Å². The van der Waals surface area contributed by atoms with Crippen molar-refractivity contribution in [2.75, 3.05) is 0 Å². The summed E-state index contributed by atoms with van der Waals surface area (Å²) < 4.78 is 15.4. The zero-order valence-corrected chi connectivity index (χ0v) is 16.1. The summed E-state index contributed by atoms with van der Waals surface area (Å²) in [5.74, 6) is 1.19. The third-order valence-electron chi connectivity index (χ3n) is 2.63. The summed E-state index contributed by atoms with van der Waals surface area (Å²) in [5.41, 5.74) is 1.71. The van der Waals surface area contributed by atoms with E-state index in [0.29, 0.717) is 17.3 Å². The van der Waals surface area contributed by atoms with E-state index in [-0.39, 0.29) is 5.83 Å². The molecule has 0 N–H and O–H groups in total. The molecule has 0 aromatic carbocycles. The topological polar surface area (TPSA) is 26.3 Å². The van der Waals surface area contributed by atoms with Gasteiger partial charge in [0.15, 0.2) is 0 Å². The lowest BCUT2D eigenvalue weighted by atomic mass is 9.95. The number of hydrogen-bond acceptors (Lipinski definition) is 2. The summed E-state index contributed by atoms with van der Waals surface area (Å²) in [4.78, 5) is 10.6. The number of hydrogen-bond donors (Lipinski definition) is 0. The molecule has 0 amide bonds. The molecule has 0 bridgehead atoms. The highest BCUT2D eigenvalue weighted by Gasteiger charge is 2.03. The van der Waals surface area contributed by atoms with Crippen molar-refractivity contribution in [2.45, 2.75) is 61.3 Å². The summed E-state index contributed by atoms with van der Waals surface area (Å²) in [5, 5.41) is 0. The molecule has 1 unspecified atom stereocenters. The molecule has 2 nitrogen and oxygen atoms in total. The maximum absolute atomic E-state index is 10.8. The minimum absolute atomic E-state index is 0.333. The SMILES string of the molecule is C=C(C)C(C)CCC(C)C.C=C(C)F.C=C(C)OC(=O)C(=C)C. The van der Waals surface area contributed by atoms with Gasteiger partial charge in [0, 0.05) is 5.57 Å². The maximum atomic E-state index is 10.8. The predicted octanol–water partition coefficient (Wildman–Crippen LogP) is 6.76. The second kappa shape index (κ2) is 15.3. The summed E-state index contributed by atoms with van der Waals surface area (Å²) in [6, 6.07) is 0. The molecule has 1 atom stereocenters. The maximum Gasteiger partial charge on any atom is 0.338 e. The van der Waals surface area contributed by atoms with E-state index in [2.05, 4.69) is 58.7 Å². The number of carbonyl (C=O) groups excluding carboxylic acids is 1. The average molecular weight is 326 g/mol. The molecule has 0 heterocycles. The number of ether oxygens (including phenoxy) is 1. The van der Waals surface area contributed by atoms with Crippen molar-refractivity contribution < 1.29 is 13.9 Å². The number of rotatable bonds is 6. The van der Waals surface area contributed by atoms with Gasteiger partial charge in [0.2, 0.25) is 0 Å². The lowest BCUT2D eigenvalue weighted by Gasteiger charge is -2.11. The van der Waals surface area contributed by atoms with Crippen molar-refractivity contribution >= 4 is 5.97 Å². The standard InChI is InChI=1S/C10H20.C7H10O2.C3H5F/c1-8(2)6-7-10(5)9(3)4;1-5(2)7(8)9-6(3)4;1-3(2)4/h8,10H,3,6-7H2,1-2,4-5H3;1,3H2,2,4H3;1H2,2H3. The van der Waals surface area contributed by atoms with E-state index in [1.54, 1.807) is 13.8 Å². The van der Waals surface area contributed by atoms with Crippen LogP contribution in [0.1, 0.15) is 61.3 Å². The molecule has 0 aromatic rings. The van der Waals surface area contributed by atoms with Gasteiger partial charge in [0.25, 0.3) is 0 Å². The molecule has 0 fully saturated rings. The molecule has 0 radical (unpaired) electrons. The molecule has 0 saturated heterocycles. The van der Waals surface area contributed by atoms with Gasteiger partial charge >= 0.3 is 5.97 Å². The van der Waals surface area contributed by atoms with Crippen LogP contribution in [-0.4, -0.2) is 5.97 Å². The first-order chi connectivity index (χ1) is 10.3. The number of esters is 1. The Balaban J connectivity index is -0.000000284. The Morgan fingerprint density at radius 2 is 1.35 bits per heavy atom. The molecule has 0 spiro atoms. The second-order valence-corrected chi connectivity index (χ2v) is 6.27. The minimum Gasteiger partial charge on any atom is -0.429 e. The largest absolute Gasteiger partial charge is 0.429 e. The van der Waals surface area contributed by atoms with E-state index in [4.69, 9.17) is 0 Å². The van der Waals surface area contributed by atoms with Crippen LogP contribution in [0.15, 0.2) is 49.0 Å². The Hall–Kier alpha value is -1.64. The Kier molecular flexibility index (Phi) is 17.4. The normalized spacial score (nSPS) is 10.3. The Morgan fingerprint density at radius 1 is 0.957 bits per heavy atom. The smallest absolute Gasteiger partial charge is 0.338 e. The highest BCUT2D eigenvalue weighted by Crippen LogP contribution is 2.17. The zero-order chi connectivity index (χ0) is 19.2. The molecule has 0 saturated carbocycles. The molecule has 3 heteroatoms. The van der Waals surface area contributed by atoms with Gasteiger partial charge in [0.05, 0.1) is 11.6 Å². The third-order valence-corrected chi connectivity index (χ3v) is 2.63. The lowest BCUT2D eigenvalue weighted by Crippen LogP contribution is -2.01. The Morgan fingerprint density at radius 3 is 1.52 bits per heavy atom. The fraction of sp³-hybridized carbons (Fsp3) is 0.550. The number of carbonyl (C=O) groups is 1. The first-order valence-electron chi connectivity index (χ1n) is 7.80. The van der Waals surface area contributed by atoms with E-state index < -0.39 is 5.97 Å². The molecule has 134 valence electrons. The van der Waals surface area contributed by atoms with Crippen LogP contribution in [0.2, 0.25) is 0 Å². The zero-order valence-electron chi connectivity index (χ0n) is 16.1. The van der Waals surface area contributed by atoms with Crippen molar-refractivity contribution in [3.8, 4) is 0 Å². The number of allylic oxidation sites excluding steroid dienone is 3. The van der Waals surface area contributed by atoms with E-state index >= 15 is 0 Å². The van der Waals surface area contributed by atoms with Crippen LogP contribution in [0.5, 0.6) is 0 Å². The van der Waals surface area contributed by atoms with Crippen LogP contribution in [0.4, 0.5) is 4.39 Å². The van der Waals surface area contributed by atoms with Gasteiger partial charge in [-0.2, -0.15) is 0 Å². The Bertz CT molecular complexity index is 402. The van der Waals surface area contributed by atoms with E-state index in [9.17, 15) is 9.18 Å². The van der Waals surface area contributed by atoms with Crippen molar-refractivity contribution in [3.05, 3.63) is 49.0 Å². The van der Waals surface area contributed by atoms with Crippen LogP contribution < -0.4 is 0 Å². The van der Waals surface area contributed by atoms with Gasteiger partial charge in [-0.15, -0.1) is 0 Å². The lowest BCUT2D eigenvalue weighted by molar-refractivity contribution is -0.134. The Labute approximate surface area is 142 Å². The van der Waals surface area contributed by atoms with Gasteiger partial charge in [0.1, 0.15) is 0 Å². The second-order valence-electron chi connectivity index (χ2n) is 6.27. The molecule has 23 heavy (non-hydrogen) atoms. The summed E-state index contributed by atoms with van der Waals surface area (Å²) in [6.45, 7) is 27.0. The van der Waals surface area contributed by atoms with Crippen LogP contribution in [0, 0.1) is 11.8 Å². The van der Waals surface area contributed by atoms with Crippen LogP contribution in [0.3, 0.4) is 0 Å². The van der Waals surface area contributed by atoms with Gasteiger partial charge in [-0.05, 0) is 46.0 Å². The minimum atomic E-state index is -0.414. The highest BCUT2D eigenvalue weighted by molar-refractivity contribution is 5.87. The van der Waals surface area contributed by atoms with Crippen molar-refractivity contribution in [1.82, 2.24) is 0 Å². The van der Waals surface area contributed by atoms with Crippen molar-refractivity contribution in [1.29, 1.82) is 0 Å². The fourth-order valence-electron chi connectivity index (χ4n) is 1.08. The molecule has 0 rings (SSSR count). The van der Waals surface area contributed by atoms with Gasteiger partial charge < -0.3 is 4.74 Å². The fourth-order valence-corrected chi connectivity index (χ4v) is 1.08. The van der Waals surface area contributed by atoms with Crippen LogP contribution in [0.25, 0.3) is 0 Å². The third kappa shape index (κ3) is 29.1. The molecule has 0 aromatic heterocycles. The highest BCUT2D eigenvalue weighted by atomic mass is 19.1. The molecular weight excluding hydrogens is 291 g/mol. The molecule has 0 aliphatic rings. The van der Waals surface area contributed by atoms with Crippen LogP contribution >= 0.6 is 0 Å². The monoisotopic (exact) mass is 326 g/mol. The quantitative estimate of drug-likeness (QED) is 0.233. The van der Waals surface area contributed by atoms with Gasteiger partial charge in [-0.3, -0.25) is 0 Å². The molecule has 0 aliphatic heterocycles. The van der Waals surface area contributed by atoms with Gasteiger partial charge in [-0.25, -0.2) is 9.18 Å². The summed E-state index contributed by atoms with van der Waals surface area (Å²) in [6.07, 6.45) is 2.63. The number of halogens is 1. The molecular formula is C20H35FO2.